The Balaban J connectivity index is 2.13. The smallest absolute Gasteiger partial charge is 0.0558 e. The van der Waals surface area contributed by atoms with Gasteiger partial charge in [-0.2, -0.15) is 0 Å². The first-order valence-electron chi connectivity index (χ1n) is 4.52. The van der Waals surface area contributed by atoms with Gasteiger partial charge >= 0.3 is 0 Å². The summed E-state index contributed by atoms with van der Waals surface area (Å²) in [6.45, 7) is 2.08. The third-order valence-electron chi connectivity index (χ3n) is 2.76. The van der Waals surface area contributed by atoms with Crippen molar-refractivity contribution >= 4 is 0 Å². The summed E-state index contributed by atoms with van der Waals surface area (Å²) in [5.74, 6) is 0.785. The van der Waals surface area contributed by atoms with Gasteiger partial charge in [0.2, 0.25) is 0 Å². The van der Waals surface area contributed by atoms with Crippen LogP contribution in [-0.4, -0.2) is 19.3 Å². The Morgan fingerprint density at radius 3 is 2.55 bits per heavy atom. The summed E-state index contributed by atoms with van der Waals surface area (Å²) in [5.41, 5.74) is 5.98. The van der Waals surface area contributed by atoms with Gasteiger partial charge in [-0.3, -0.25) is 0 Å². The third kappa shape index (κ3) is 2.46. The van der Waals surface area contributed by atoms with Crippen molar-refractivity contribution in [2.75, 3.05) is 7.11 Å². The normalized spacial score (nSPS) is 24.3. The molecule has 1 aliphatic carbocycles. The Bertz CT molecular complexity index is 112. The van der Waals surface area contributed by atoms with Gasteiger partial charge in [-0.15, -0.1) is 0 Å². The van der Waals surface area contributed by atoms with E-state index in [2.05, 4.69) is 6.92 Å². The van der Waals surface area contributed by atoms with Crippen LogP contribution in [0.1, 0.15) is 32.6 Å². The van der Waals surface area contributed by atoms with Crippen LogP contribution in [0.25, 0.3) is 0 Å². The van der Waals surface area contributed by atoms with Gasteiger partial charge in [-0.25, -0.2) is 0 Å². The number of methoxy groups -OCH3 is 1. The fourth-order valence-corrected chi connectivity index (χ4v) is 1.54. The minimum atomic E-state index is 0.325. The fourth-order valence-electron chi connectivity index (χ4n) is 1.54. The first-order valence-corrected chi connectivity index (χ1v) is 4.52. The molecule has 0 heterocycles. The van der Waals surface area contributed by atoms with Crippen molar-refractivity contribution < 1.29 is 4.74 Å². The molecule has 2 N–H and O–H groups in total. The number of hydrogen-bond donors (Lipinski definition) is 1. The van der Waals surface area contributed by atoms with Crippen molar-refractivity contribution in [2.24, 2.45) is 11.7 Å². The van der Waals surface area contributed by atoms with Gasteiger partial charge in [-0.1, -0.05) is 6.42 Å². The maximum atomic E-state index is 5.98. The minimum absolute atomic E-state index is 0.325. The summed E-state index contributed by atoms with van der Waals surface area (Å²) in [5, 5.41) is 0. The van der Waals surface area contributed by atoms with Gasteiger partial charge in [0.05, 0.1) is 6.10 Å². The lowest BCUT2D eigenvalue weighted by Gasteiger charge is -2.32. The van der Waals surface area contributed by atoms with Crippen LogP contribution >= 0.6 is 0 Å². The Labute approximate surface area is 69.1 Å². The van der Waals surface area contributed by atoms with Gasteiger partial charge in [-0.05, 0) is 32.1 Å². The van der Waals surface area contributed by atoms with E-state index in [0.717, 1.165) is 12.3 Å². The Morgan fingerprint density at radius 1 is 1.55 bits per heavy atom. The molecule has 0 radical (unpaired) electrons. The van der Waals surface area contributed by atoms with Crippen LogP contribution in [0.2, 0.25) is 0 Å². The largest absolute Gasteiger partial charge is 0.382 e. The molecule has 66 valence electrons. The zero-order valence-electron chi connectivity index (χ0n) is 7.55. The molecule has 0 spiro atoms. The van der Waals surface area contributed by atoms with Crippen LogP contribution in [0, 0.1) is 5.92 Å². The number of hydrogen-bond acceptors (Lipinski definition) is 2. The van der Waals surface area contributed by atoms with Crippen LogP contribution < -0.4 is 5.73 Å². The highest BCUT2D eigenvalue weighted by Crippen LogP contribution is 2.30. The second-order valence-corrected chi connectivity index (χ2v) is 3.64. The second-order valence-electron chi connectivity index (χ2n) is 3.64. The van der Waals surface area contributed by atoms with Crippen molar-refractivity contribution in [1.29, 1.82) is 0 Å². The van der Waals surface area contributed by atoms with Crippen molar-refractivity contribution in [3.8, 4) is 0 Å². The molecule has 1 aliphatic rings. The lowest BCUT2D eigenvalue weighted by molar-refractivity contribution is 0.0897. The zero-order valence-corrected chi connectivity index (χ0v) is 7.55. The number of rotatable bonds is 4. The molecule has 2 atom stereocenters. The van der Waals surface area contributed by atoms with E-state index in [1.807, 2.05) is 0 Å². The molecule has 11 heavy (non-hydrogen) atoms. The molecule has 0 aromatic heterocycles. The lowest BCUT2D eigenvalue weighted by atomic mass is 9.78. The standard InChI is InChI=1S/C9H19NO/c1-7(11-2)6-9(10)8-4-3-5-8/h7-9H,3-6,10H2,1-2H3. The number of ether oxygens (including phenoxy) is 1. The summed E-state index contributed by atoms with van der Waals surface area (Å²) in [7, 11) is 1.75. The molecule has 1 rings (SSSR count). The first-order chi connectivity index (χ1) is 5.24. The summed E-state index contributed by atoms with van der Waals surface area (Å²) in [4.78, 5) is 0. The minimum Gasteiger partial charge on any atom is -0.382 e. The fraction of sp³-hybridized carbons (Fsp3) is 1.00. The molecular formula is C9H19NO. The van der Waals surface area contributed by atoms with Crippen molar-refractivity contribution in [3.05, 3.63) is 0 Å². The molecule has 2 unspecified atom stereocenters. The maximum Gasteiger partial charge on any atom is 0.0558 e. The monoisotopic (exact) mass is 157 g/mol. The highest BCUT2D eigenvalue weighted by molar-refractivity contribution is 4.81. The molecule has 2 nitrogen and oxygen atoms in total. The van der Waals surface area contributed by atoms with Gasteiger partial charge in [0.15, 0.2) is 0 Å². The van der Waals surface area contributed by atoms with E-state index < -0.39 is 0 Å². The molecule has 0 aliphatic heterocycles. The Morgan fingerprint density at radius 2 is 2.18 bits per heavy atom. The quantitative estimate of drug-likeness (QED) is 0.672. The summed E-state index contributed by atoms with van der Waals surface area (Å²) < 4.78 is 5.16. The van der Waals surface area contributed by atoms with E-state index in [9.17, 15) is 0 Å². The van der Waals surface area contributed by atoms with Crippen molar-refractivity contribution in [3.63, 3.8) is 0 Å². The SMILES string of the molecule is COC(C)CC(N)C1CCC1. The lowest BCUT2D eigenvalue weighted by Crippen LogP contribution is -2.37. The summed E-state index contributed by atoms with van der Waals surface area (Å²) in [6.07, 6.45) is 5.38. The molecular weight excluding hydrogens is 138 g/mol. The van der Waals surface area contributed by atoms with Gasteiger partial charge in [0.1, 0.15) is 0 Å². The summed E-state index contributed by atoms with van der Waals surface area (Å²) in [6, 6.07) is 0.374. The summed E-state index contributed by atoms with van der Waals surface area (Å²) >= 11 is 0. The number of nitrogens with two attached hydrogens (primary N) is 1. The highest BCUT2D eigenvalue weighted by Gasteiger charge is 2.25. The average molecular weight is 157 g/mol. The third-order valence-corrected chi connectivity index (χ3v) is 2.76. The second kappa shape index (κ2) is 4.07. The van der Waals surface area contributed by atoms with E-state index in [-0.39, 0.29) is 0 Å². The zero-order chi connectivity index (χ0) is 8.27. The predicted octanol–water partition coefficient (Wildman–Crippen LogP) is 1.54. The van der Waals surface area contributed by atoms with E-state index in [1.165, 1.54) is 19.3 Å². The van der Waals surface area contributed by atoms with Gasteiger partial charge < -0.3 is 10.5 Å². The van der Waals surface area contributed by atoms with Crippen LogP contribution in [-0.2, 0) is 4.74 Å². The molecule has 0 amide bonds. The van der Waals surface area contributed by atoms with E-state index in [0.29, 0.717) is 12.1 Å². The molecule has 1 saturated carbocycles. The van der Waals surface area contributed by atoms with E-state index >= 15 is 0 Å². The molecule has 2 heteroatoms. The van der Waals surface area contributed by atoms with Crippen molar-refractivity contribution in [2.45, 2.75) is 44.8 Å². The highest BCUT2D eigenvalue weighted by atomic mass is 16.5. The molecule has 1 fully saturated rings. The van der Waals surface area contributed by atoms with Gasteiger partial charge in [0, 0.05) is 13.2 Å². The van der Waals surface area contributed by atoms with E-state index in [4.69, 9.17) is 10.5 Å². The topological polar surface area (TPSA) is 35.2 Å². The van der Waals surface area contributed by atoms with Crippen LogP contribution in [0.15, 0.2) is 0 Å². The molecule has 0 aromatic carbocycles. The molecule has 0 aromatic rings. The Hall–Kier alpha value is -0.0800. The maximum absolute atomic E-state index is 5.98. The molecule has 0 bridgehead atoms. The Kier molecular flexibility index (Phi) is 3.34. The first kappa shape index (κ1) is 9.01. The van der Waals surface area contributed by atoms with Gasteiger partial charge in [0.25, 0.3) is 0 Å². The van der Waals surface area contributed by atoms with Crippen LogP contribution in [0.4, 0.5) is 0 Å². The molecule has 0 saturated heterocycles. The van der Waals surface area contributed by atoms with Crippen molar-refractivity contribution in [1.82, 2.24) is 0 Å². The van der Waals surface area contributed by atoms with E-state index in [1.54, 1.807) is 7.11 Å². The van der Waals surface area contributed by atoms with Crippen LogP contribution in [0.5, 0.6) is 0 Å². The van der Waals surface area contributed by atoms with Crippen LogP contribution in [0.3, 0.4) is 0 Å². The predicted molar refractivity (Wildman–Crippen MR) is 46.4 cm³/mol. The average Bonchev–Trinajstić information content (AvgIpc) is 1.83.